The maximum absolute atomic E-state index is 10.4. The molecule has 1 N–H and O–H groups in total. The van der Waals surface area contributed by atoms with Gasteiger partial charge in [-0.05, 0) is 11.8 Å². The van der Waals surface area contributed by atoms with Crippen LogP contribution in [0.25, 0.3) is 0 Å². The molecule has 6 nitrogen and oxygen atoms in total. The average molecular weight is 170 g/mol. The van der Waals surface area contributed by atoms with Gasteiger partial charge in [0.15, 0.2) is 0 Å². The van der Waals surface area contributed by atoms with Crippen molar-refractivity contribution in [3.8, 4) is 0 Å². The molecule has 1 aromatic rings. The summed E-state index contributed by atoms with van der Waals surface area (Å²) >= 11 is 0. The van der Waals surface area contributed by atoms with Gasteiger partial charge in [-0.25, -0.2) is 4.98 Å². The highest BCUT2D eigenvalue weighted by atomic mass is 16.6. The maximum Gasteiger partial charge on any atom is 0.366 e. The summed E-state index contributed by atoms with van der Waals surface area (Å²) in [5.74, 6) is 0.554. The first-order chi connectivity index (χ1) is 5.66. The predicted molar refractivity (Wildman–Crippen MR) is 43.5 cm³/mol. The van der Waals surface area contributed by atoms with Crippen LogP contribution in [0.5, 0.6) is 0 Å². The largest absolute Gasteiger partial charge is 0.366 e. The van der Waals surface area contributed by atoms with E-state index in [1.807, 2.05) is 6.92 Å². The first-order valence-corrected chi connectivity index (χ1v) is 3.59. The Bertz CT molecular complexity index is 294. The van der Waals surface area contributed by atoms with E-state index in [0.717, 1.165) is 0 Å². The van der Waals surface area contributed by atoms with Crippen molar-refractivity contribution < 1.29 is 4.92 Å². The van der Waals surface area contributed by atoms with Gasteiger partial charge in [-0.15, -0.1) is 4.68 Å². The average Bonchev–Trinajstić information content (AvgIpc) is 2.34. The van der Waals surface area contributed by atoms with E-state index in [1.165, 1.54) is 10.9 Å². The Morgan fingerprint density at radius 3 is 3.00 bits per heavy atom. The van der Waals surface area contributed by atoms with E-state index in [2.05, 4.69) is 10.4 Å². The quantitative estimate of drug-likeness (QED) is 0.534. The summed E-state index contributed by atoms with van der Waals surface area (Å²) in [7, 11) is 0. The van der Waals surface area contributed by atoms with Crippen molar-refractivity contribution in [3.63, 3.8) is 0 Å². The van der Waals surface area contributed by atoms with Gasteiger partial charge in [-0.1, -0.05) is 0 Å². The molecule has 1 aromatic heterocycles. The SMILES string of the molecule is CCNn1c([N+](=O)[O-])cnc1C. The minimum absolute atomic E-state index is 0.0330. The Balaban J connectivity index is 3.03. The van der Waals surface area contributed by atoms with E-state index >= 15 is 0 Å². The molecule has 0 saturated heterocycles. The lowest BCUT2D eigenvalue weighted by molar-refractivity contribution is -0.391. The van der Waals surface area contributed by atoms with Gasteiger partial charge in [0.2, 0.25) is 5.82 Å². The van der Waals surface area contributed by atoms with Crippen LogP contribution in [-0.4, -0.2) is 21.1 Å². The fourth-order valence-corrected chi connectivity index (χ4v) is 0.915. The molecule has 0 fully saturated rings. The smallest absolute Gasteiger partial charge is 0.358 e. The lowest BCUT2D eigenvalue weighted by Crippen LogP contribution is -2.17. The number of imidazole rings is 1. The van der Waals surface area contributed by atoms with Crippen molar-refractivity contribution in [2.45, 2.75) is 13.8 Å². The standard InChI is InChI=1S/C6H10N4O2/c1-3-8-9-5(2)7-4-6(9)10(11)12/h4,8H,3H2,1-2H3. The number of rotatable bonds is 3. The molecule has 0 atom stereocenters. The second-order valence-electron chi connectivity index (χ2n) is 2.27. The Morgan fingerprint density at radius 1 is 1.83 bits per heavy atom. The van der Waals surface area contributed by atoms with E-state index in [4.69, 9.17) is 0 Å². The molecule has 0 aliphatic rings. The first-order valence-electron chi connectivity index (χ1n) is 3.59. The predicted octanol–water partition coefficient (Wildman–Crippen LogP) is 0.663. The zero-order valence-corrected chi connectivity index (χ0v) is 6.94. The summed E-state index contributed by atoms with van der Waals surface area (Å²) in [5.41, 5.74) is 2.82. The second-order valence-corrected chi connectivity index (χ2v) is 2.27. The lowest BCUT2D eigenvalue weighted by atomic mass is 10.7. The summed E-state index contributed by atoms with van der Waals surface area (Å²) in [5, 5.41) is 10.4. The number of aromatic nitrogens is 2. The molecular formula is C6H10N4O2. The zero-order valence-electron chi connectivity index (χ0n) is 6.94. The van der Waals surface area contributed by atoms with Crippen molar-refractivity contribution in [1.29, 1.82) is 0 Å². The van der Waals surface area contributed by atoms with Gasteiger partial charge in [0.05, 0.1) is 0 Å². The molecule has 66 valence electrons. The number of nitrogens with zero attached hydrogens (tertiary/aromatic N) is 3. The van der Waals surface area contributed by atoms with Crippen LogP contribution >= 0.6 is 0 Å². The highest BCUT2D eigenvalue weighted by Crippen LogP contribution is 2.10. The molecule has 1 rings (SSSR count). The number of nitrogens with one attached hydrogen (secondary N) is 1. The first kappa shape index (κ1) is 8.51. The van der Waals surface area contributed by atoms with Crippen LogP contribution in [0, 0.1) is 17.0 Å². The molecule has 0 radical (unpaired) electrons. The van der Waals surface area contributed by atoms with Crippen LogP contribution in [0.15, 0.2) is 6.20 Å². The van der Waals surface area contributed by atoms with Gasteiger partial charge in [-0.3, -0.25) is 5.43 Å². The normalized spacial score (nSPS) is 9.83. The summed E-state index contributed by atoms with van der Waals surface area (Å²) in [6, 6.07) is 0. The minimum Gasteiger partial charge on any atom is -0.358 e. The Hall–Kier alpha value is -1.59. The van der Waals surface area contributed by atoms with E-state index in [1.54, 1.807) is 6.92 Å². The third-order valence-electron chi connectivity index (χ3n) is 1.42. The van der Waals surface area contributed by atoms with Crippen molar-refractivity contribution >= 4 is 5.82 Å². The highest BCUT2D eigenvalue weighted by Gasteiger charge is 2.15. The highest BCUT2D eigenvalue weighted by molar-refractivity contribution is 5.20. The Labute approximate surface area is 69.3 Å². The van der Waals surface area contributed by atoms with Crippen molar-refractivity contribution in [1.82, 2.24) is 9.66 Å². The van der Waals surface area contributed by atoms with Gasteiger partial charge >= 0.3 is 5.82 Å². The summed E-state index contributed by atoms with van der Waals surface area (Å²) in [4.78, 5) is 13.8. The van der Waals surface area contributed by atoms with E-state index in [0.29, 0.717) is 12.4 Å². The lowest BCUT2D eigenvalue weighted by Gasteiger charge is -2.01. The van der Waals surface area contributed by atoms with Crippen molar-refractivity contribution in [2.75, 3.05) is 12.0 Å². The number of hydrogen-bond acceptors (Lipinski definition) is 4. The molecule has 0 aromatic carbocycles. The van der Waals surface area contributed by atoms with Crippen LogP contribution in [-0.2, 0) is 0 Å². The number of hydrogen-bond donors (Lipinski definition) is 1. The molecule has 0 unspecified atom stereocenters. The van der Waals surface area contributed by atoms with E-state index < -0.39 is 4.92 Å². The molecule has 0 aliphatic heterocycles. The molecule has 1 heterocycles. The molecule has 0 saturated carbocycles. The molecule has 6 heteroatoms. The van der Waals surface area contributed by atoms with Crippen molar-refractivity contribution in [3.05, 3.63) is 22.1 Å². The minimum atomic E-state index is -0.470. The second kappa shape index (κ2) is 3.21. The third kappa shape index (κ3) is 1.36. The fourth-order valence-electron chi connectivity index (χ4n) is 0.915. The fraction of sp³-hybridized carbons (Fsp3) is 0.500. The van der Waals surface area contributed by atoms with Gasteiger partial charge < -0.3 is 10.1 Å². The van der Waals surface area contributed by atoms with Crippen LogP contribution in [0.2, 0.25) is 0 Å². The van der Waals surface area contributed by atoms with Crippen LogP contribution in [0.4, 0.5) is 5.82 Å². The molecular weight excluding hydrogens is 160 g/mol. The van der Waals surface area contributed by atoms with Gasteiger partial charge in [-0.2, -0.15) is 0 Å². The van der Waals surface area contributed by atoms with Gasteiger partial charge in [0, 0.05) is 13.5 Å². The number of aryl methyl sites for hydroxylation is 1. The molecule has 12 heavy (non-hydrogen) atoms. The van der Waals surface area contributed by atoms with Crippen LogP contribution in [0.3, 0.4) is 0 Å². The maximum atomic E-state index is 10.4. The van der Waals surface area contributed by atoms with E-state index in [-0.39, 0.29) is 5.82 Å². The molecule has 0 amide bonds. The summed E-state index contributed by atoms with van der Waals surface area (Å²) in [6.45, 7) is 4.19. The van der Waals surface area contributed by atoms with Gasteiger partial charge in [0.1, 0.15) is 6.20 Å². The van der Waals surface area contributed by atoms with E-state index in [9.17, 15) is 10.1 Å². The van der Waals surface area contributed by atoms with Crippen LogP contribution in [0.1, 0.15) is 12.7 Å². The molecule has 0 spiro atoms. The Morgan fingerprint density at radius 2 is 2.50 bits per heavy atom. The number of nitro groups is 1. The van der Waals surface area contributed by atoms with Gasteiger partial charge in [0.25, 0.3) is 0 Å². The summed E-state index contributed by atoms with van der Waals surface area (Å²) in [6.07, 6.45) is 1.23. The summed E-state index contributed by atoms with van der Waals surface area (Å²) < 4.78 is 1.36. The topological polar surface area (TPSA) is 73.0 Å². The zero-order chi connectivity index (χ0) is 9.14. The Kier molecular flexibility index (Phi) is 2.27. The van der Waals surface area contributed by atoms with Crippen LogP contribution < -0.4 is 5.43 Å². The third-order valence-corrected chi connectivity index (χ3v) is 1.42. The monoisotopic (exact) mass is 170 g/mol. The molecule has 0 bridgehead atoms. The molecule has 0 aliphatic carbocycles. The van der Waals surface area contributed by atoms with Crippen molar-refractivity contribution in [2.24, 2.45) is 0 Å².